The molecule has 0 unspecified atom stereocenters. The van der Waals surface area contributed by atoms with E-state index in [1.165, 1.54) is 11.1 Å². The van der Waals surface area contributed by atoms with E-state index in [0.717, 1.165) is 38.4 Å². The van der Waals surface area contributed by atoms with Crippen molar-refractivity contribution in [2.45, 2.75) is 32.7 Å². The Morgan fingerprint density at radius 1 is 1.30 bits per heavy atom. The van der Waals surface area contributed by atoms with Crippen molar-refractivity contribution in [2.75, 3.05) is 27.2 Å². The molecule has 2 N–H and O–H groups in total. The number of aryl methyl sites for hydroxylation is 1. The van der Waals surface area contributed by atoms with Gasteiger partial charge in [-0.25, -0.2) is 0 Å². The summed E-state index contributed by atoms with van der Waals surface area (Å²) in [5, 5.41) is 6.17. The highest BCUT2D eigenvalue weighted by atomic mass is 16.1. The van der Waals surface area contributed by atoms with Crippen LogP contribution in [0, 0.1) is 12.8 Å². The molecule has 23 heavy (non-hydrogen) atoms. The minimum atomic E-state index is 0.144. The van der Waals surface area contributed by atoms with E-state index in [4.69, 9.17) is 0 Å². The molecular weight excluding hydrogens is 288 g/mol. The van der Waals surface area contributed by atoms with E-state index in [2.05, 4.69) is 51.7 Å². The van der Waals surface area contributed by atoms with Crippen LogP contribution in [0.2, 0.25) is 0 Å². The molecule has 5 heteroatoms. The first kappa shape index (κ1) is 17.3. The van der Waals surface area contributed by atoms with Gasteiger partial charge in [-0.05, 0) is 36.8 Å². The Balaban J connectivity index is 1.83. The molecule has 0 atom stereocenters. The van der Waals surface area contributed by atoms with Gasteiger partial charge in [0.25, 0.3) is 0 Å². The van der Waals surface area contributed by atoms with E-state index in [0.29, 0.717) is 12.3 Å². The van der Waals surface area contributed by atoms with Crippen molar-refractivity contribution in [1.82, 2.24) is 15.5 Å². The van der Waals surface area contributed by atoms with Gasteiger partial charge in [-0.3, -0.25) is 9.79 Å². The number of hydrogen-bond donors (Lipinski definition) is 2. The Morgan fingerprint density at radius 3 is 2.61 bits per heavy atom. The van der Waals surface area contributed by atoms with E-state index < -0.39 is 0 Å². The van der Waals surface area contributed by atoms with Gasteiger partial charge in [-0.15, -0.1) is 0 Å². The van der Waals surface area contributed by atoms with Gasteiger partial charge in [0.2, 0.25) is 5.91 Å². The van der Waals surface area contributed by atoms with Crippen LogP contribution in [0.4, 0.5) is 0 Å². The molecule has 0 aliphatic carbocycles. The first-order chi connectivity index (χ1) is 11.1. The monoisotopic (exact) mass is 316 g/mol. The molecule has 126 valence electrons. The fourth-order valence-electron chi connectivity index (χ4n) is 3.03. The van der Waals surface area contributed by atoms with Crippen molar-refractivity contribution in [2.24, 2.45) is 10.9 Å². The normalized spacial score (nSPS) is 16.3. The number of nitrogens with one attached hydrogen (secondary N) is 2. The molecule has 0 spiro atoms. The fourth-order valence-corrected chi connectivity index (χ4v) is 3.03. The molecule has 5 nitrogen and oxygen atoms in total. The number of likely N-dealkylation sites (tertiary alicyclic amines) is 1. The molecule has 2 rings (SSSR count). The summed E-state index contributed by atoms with van der Waals surface area (Å²) in [6.45, 7) is 4.83. The second-order valence-electron chi connectivity index (χ2n) is 6.13. The summed E-state index contributed by atoms with van der Waals surface area (Å²) in [6, 6.07) is 8.40. The molecule has 1 amide bonds. The smallest absolute Gasteiger partial charge is 0.220 e. The number of rotatable bonds is 4. The first-order valence-electron chi connectivity index (χ1n) is 8.34. The third kappa shape index (κ3) is 4.98. The molecule has 0 radical (unpaired) electrons. The molecule has 1 saturated heterocycles. The molecule has 0 saturated carbocycles. The van der Waals surface area contributed by atoms with Crippen molar-refractivity contribution in [3.63, 3.8) is 0 Å². The van der Waals surface area contributed by atoms with Crippen LogP contribution in [0.15, 0.2) is 29.3 Å². The summed E-state index contributed by atoms with van der Waals surface area (Å²) in [6.07, 6.45) is 2.72. The molecule has 1 aromatic rings. The van der Waals surface area contributed by atoms with E-state index in [1.54, 1.807) is 7.05 Å². The number of carbonyl (C=O) groups excluding carboxylic acids is 1. The zero-order valence-corrected chi connectivity index (χ0v) is 14.4. The topological polar surface area (TPSA) is 56.7 Å². The first-order valence-corrected chi connectivity index (χ1v) is 8.34. The molecule has 1 fully saturated rings. The molecule has 1 aromatic carbocycles. The zero-order valence-electron chi connectivity index (χ0n) is 14.4. The average Bonchev–Trinajstić information content (AvgIpc) is 2.58. The van der Waals surface area contributed by atoms with Crippen molar-refractivity contribution >= 4 is 11.9 Å². The molecule has 0 aromatic heterocycles. The number of carbonyl (C=O) groups is 1. The van der Waals surface area contributed by atoms with Crippen LogP contribution in [0.25, 0.3) is 0 Å². The highest BCUT2D eigenvalue weighted by Gasteiger charge is 2.22. The number of guanidine groups is 1. The van der Waals surface area contributed by atoms with E-state index in [9.17, 15) is 4.79 Å². The summed E-state index contributed by atoms with van der Waals surface area (Å²) in [5.74, 6) is 1.58. The van der Waals surface area contributed by atoms with Crippen LogP contribution in [0.1, 0.15) is 30.4 Å². The summed E-state index contributed by atoms with van der Waals surface area (Å²) in [4.78, 5) is 18.2. The summed E-state index contributed by atoms with van der Waals surface area (Å²) in [5.41, 5.74) is 2.59. The molecule has 1 aliphatic heterocycles. The van der Waals surface area contributed by atoms with Gasteiger partial charge in [0.15, 0.2) is 5.96 Å². The molecule has 1 aliphatic rings. The predicted octanol–water partition coefficient (Wildman–Crippen LogP) is 1.92. The lowest BCUT2D eigenvalue weighted by molar-refractivity contribution is -0.121. The number of aliphatic imine (C=N–C) groups is 1. The highest BCUT2D eigenvalue weighted by molar-refractivity contribution is 5.80. The standard InChI is InChI=1S/C18H28N4O/c1-14-6-4-5-7-16(14)13-21-18(20-3)22-10-8-15(9-11-22)12-17(23)19-2/h4-7,15H,8-13H2,1-3H3,(H,19,23)(H,20,21). The van der Waals surface area contributed by atoms with Crippen molar-refractivity contribution in [1.29, 1.82) is 0 Å². The van der Waals surface area contributed by atoms with Gasteiger partial charge < -0.3 is 15.5 Å². The zero-order chi connectivity index (χ0) is 16.7. The van der Waals surface area contributed by atoms with E-state index in [-0.39, 0.29) is 5.91 Å². The Morgan fingerprint density at radius 2 is 2.00 bits per heavy atom. The lowest BCUT2D eigenvalue weighted by Gasteiger charge is -2.34. The third-order valence-electron chi connectivity index (χ3n) is 4.58. The maximum Gasteiger partial charge on any atom is 0.220 e. The molecular formula is C18H28N4O. The third-order valence-corrected chi connectivity index (χ3v) is 4.58. The highest BCUT2D eigenvalue weighted by Crippen LogP contribution is 2.20. The maximum atomic E-state index is 11.5. The average molecular weight is 316 g/mol. The van der Waals surface area contributed by atoms with Gasteiger partial charge in [-0.1, -0.05) is 24.3 Å². The lowest BCUT2D eigenvalue weighted by atomic mass is 9.93. The fraction of sp³-hybridized carbons (Fsp3) is 0.556. The lowest BCUT2D eigenvalue weighted by Crippen LogP contribution is -2.45. The number of nitrogens with zero attached hydrogens (tertiary/aromatic N) is 2. The predicted molar refractivity (Wildman–Crippen MR) is 94.4 cm³/mol. The summed E-state index contributed by atoms with van der Waals surface area (Å²) < 4.78 is 0. The Hall–Kier alpha value is -2.04. The summed E-state index contributed by atoms with van der Waals surface area (Å²) in [7, 11) is 3.53. The van der Waals surface area contributed by atoms with Crippen molar-refractivity contribution in [3.05, 3.63) is 35.4 Å². The minimum absolute atomic E-state index is 0.144. The van der Waals surface area contributed by atoms with Crippen molar-refractivity contribution < 1.29 is 4.79 Å². The van der Waals surface area contributed by atoms with Crippen molar-refractivity contribution in [3.8, 4) is 0 Å². The van der Waals surface area contributed by atoms with Crippen LogP contribution >= 0.6 is 0 Å². The quantitative estimate of drug-likeness (QED) is 0.659. The Bertz CT molecular complexity index is 548. The molecule has 1 heterocycles. The minimum Gasteiger partial charge on any atom is -0.359 e. The van der Waals surface area contributed by atoms with E-state index in [1.807, 2.05) is 7.05 Å². The molecule has 0 bridgehead atoms. The van der Waals surface area contributed by atoms with Crippen LogP contribution in [0.3, 0.4) is 0 Å². The van der Waals surface area contributed by atoms with Gasteiger partial charge in [0.1, 0.15) is 0 Å². The van der Waals surface area contributed by atoms with Crippen LogP contribution in [-0.4, -0.2) is 44.0 Å². The number of benzene rings is 1. The maximum absolute atomic E-state index is 11.5. The SMILES string of the molecule is CN=C(NCc1ccccc1C)N1CCC(CC(=O)NC)CC1. The van der Waals surface area contributed by atoms with Crippen LogP contribution in [0.5, 0.6) is 0 Å². The summed E-state index contributed by atoms with van der Waals surface area (Å²) >= 11 is 0. The van der Waals surface area contributed by atoms with Gasteiger partial charge >= 0.3 is 0 Å². The Labute approximate surface area is 139 Å². The van der Waals surface area contributed by atoms with E-state index >= 15 is 0 Å². The number of amides is 1. The van der Waals surface area contributed by atoms with Gasteiger partial charge in [0, 0.05) is 40.2 Å². The largest absolute Gasteiger partial charge is 0.359 e. The van der Waals surface area contributed by atoms with Crippen LogP contribution < -0.4 is 10.6 Å². The Kier molecular flexibility index (Phi) is 6.44. The van der Waals surface area contributed by atoms with Crippen LogP contribution in [-0.2, 0) is 11.3 Å². The second-order valence-corrected chi connectivity index (χ2v) is 6.13. The number of hydrogen-bond acceptors (Lipinski definition) is 2. The number of piperidine rings is 1. The van der Waals surface area contributed by atoms with Gasteiger partial charge in [-0.2, -0.15) is 0 Å². The van der Waals surface area contributed by atoms with Gasteiger partial charge in [0.05, 0.1) is 0 Å². The second kappa shape index (κ2) is 8.56.